The van der Waals surface area contributed by atoms with Gasteiger partial charge < -0.3 is 5.32 Å². The van der Waals surface area contributed by atoms with Crippen molar-refractivity contribution >= 4 is 15.8 Å². The molecule has 0 aliphatic carbocycles. The molecule has 1 aliphatic rings. The molecule has 6 nitrogen and oxygen atoms in total. The van der Waals surface area contributed by atoms with Crippen LogP contribution in [0.2, 0.25) is 0 Å². The lowest BCUT2D eigenvalue weighted by atomic mass is 10.1. The zero-order chi connectivity index (χ0) is 17.3. The van der Waals surface area contributed by atoms with Crippen LogP contribution in [-0.2, 0) is 10.0 Å². The van der Waals surface area contributed by atoms with Crippen LogP contribution in [0.1, 0.15) is 30.4 Å². The summed E-state index contributed by atoms with van der Waals surface area (Å²) in [6.07, 6.45) is 1.35. The molecule has 0 spiro atoms. The molecule has 1 fully saturated rings. The van der Waals surface area contributed by atoms with Gasteiger partial charge in [0, 0.05) is 19.7 Å². The van der Waals surface area contributed by atoms with Gasteiger partial charge in [-0.3, -0.25) is 0 Å². The molecule has 0 bridgehead atoms. The molecule has 2 heterocycles. The van der Waals surface area contributed by atoms with Gasteiger partial charge in [0.2, 0.25) is 10.0 Å². The summed E-state index contributed by atoms with van der Waals surface area (Å²) in [5.41, 5.74) is 0.629. The van der Waals surface area contributed by atoms with Crippen LogP contribution in [-0.4, -0.2) is 36.3 Å². The van der Waals surface area contributed by atoms with E-state index in [9.17, 15) is 12.8 Å². The van der Waals surface area contributed by atoms with E-state index in [0.29, 0.717) is 36.7 Å². The summed E-state index contributed by atoms with van der Waals surface area (Å²) in [5.74, 6) is 0.456. The molecule has 0 saturated carbocycles. The smallest absolute Gasteiger partial charge is 0.246 e. The Morgan fingerprint density at radius 1 is 1.29 bits per heavy atom. The van der Waals surface area contributed by atoms with Crippen LogP contribution >= 0.6 is 0 Å². The zero-order valence-electron chi connectivity index (χ0n) is 13.5. The summed E-state index contributed by atoms with van der Waals surface area (Å²) in [6.45, 7) is 2.11. The maximum absolute atomic E-state index is 14.0. The molecule has 2 aromatic rings. The highest BCUT2D eigenvalue weighted by atomic mass is 32.2. The first-order chi connectivity index (χ1) is 11.4. The Hall–Kier alpha value is -2.06. The van der Waals surface area contributed by atoms with E-state index in [1.165, 1.54) is 22.5 Å². The van der Waals surface area contributed by atoms with E-state index >= 15 is 0 Å². The van der Waals surface area contributed by atoms with Crippen LogP contribution in [0.5, 0.6) is 0 Å². The normalized spacial score (nSPS) is 18.7. The SMILES string of the molecule is CNc1cc([C@@H]2CCCN2S(=O)(=O)c2ccccc2F)nc(C)n1. The maximum atomic E-state index is 14.0. The van der Waals surface area contributed by atoms with Gasteiger partial charge in [-0.25, -0.2) is 22.8 Å². The number of benzene rings is 1. The van der Waals surface area contributed by atoms with Crippen LogP contribution in [0.4, 0.5) is 10.2 Å². The molecule has 1 aromatic carbocycles. The Morgan fingerprint density at radius 3 is 2.75 bits per heavy atom. The molecule has 0 amide bonds. The third kappa shape index (κ3) is 2.99. The Labute approximate surface area is 140 Å². The van der Waals surface area contributed by atoms with Gasteiger partial charge in [-0.1, -0.05) is 12.1 Å². The quantitative estimate of drug-likeness (QED) is 0.917. The first-order valence-corrected chi connectivity index (χ1v) is 9.17. The summed E-state index contributed by atoms with van der Waals surface area (Å²) in [5, 5.41) is 2.95. The number of hydrogen-bond donors (Lipinski definition) is 1. The second-order valence-electron chi connectivity index (χ2n) is 5.68. The van der Waals surface area contributed by atoms with Crippen molar-refractivity contribution in [1.82, 2.24) is 14.3 Å². The number of halogens is 1. The predicted molar refractivity (Wildman–Crippen MR) is 88.6 cm³/mol. The van der Waals surface area contributed by atoms with Crippen molar-refractivity contribution in [2.75, 3.05) is 18.9 Å². The fourth-order valence-electron chi connectivity index (χ4n) is 2.99. The summed E-state index contributed by atoms with van der Waals surface area (Å²) < 4.78 is 41.2. The average molecular weight is 350 g/mol. The van der Waals surface area contributed by atoms with E-state index in [1.807, 2.05) is 0 Å². The molecular weight excluding hydrogens is 331 g/mol. The van der Waals surface area contributed by atoms with Gasteiger partial charge in [0.1, 0.15) is 22.4 Å². The minimum atomic E-state index is -3.92. The van der Waals surface area contributed by atoms with Crippen molar-refractivity contribution in [3.63, 3.8) is 0 Å². The number of hydrogen-bond acceptors (Lipinski definition) is 5. The second kappa shape index (κ2) is 6.45. The van der Waals surface area contributed by atoms with Crippen molar-refractivity contribution in [3.8, 4) is 0 Å². The maximum Gasteiger partial charge on any atom is 0.246 e. The van der Waals surface area contributed by atoms with E-state index in [0.717, 1.165) is 6.07 Å². The van der Waals surface area contributed by atoms with Crippen molar-refractivity contribution in [3.05, 3.63) is 47.7 Å². The second-order valence-corrected chi connectivity index (χ2v) is 7.54. The summed E-state index contributed by atoms with van der Waals surface area (Å²) in [6, 6.07) is 6.78. The molecule has 1 N–H and O–H groups in total. The highest BCUT2D eigenvalue weighted by Gasteiger charge is 2.38. The Bertz CT molecular complexity index is 857. The van der Waals surface area contributed by atoms with Crippen molar-refractivity contribution in [2.24, 2.45) is 0 Å². The van der Waals surface area contributed by atoms with E-state index in [2.05, 4.69) is 15.3 Å². The molecule has 1 atom stereocenters. The van der Waals surface area contributed by atoms with Gasteiger partial charge in [0.25, 0.3) is 0 Å². The minimum Gasteiger partial charge on any atom is -0.373 e. The van der Waals surface area contributed by atoms with Crippen LogP contribution in [0.25, 0.3) is 0 Å². The monoisotopic (exact) mass is 350 g/mol. The fourth-order valence-corrected chi connectivity index (χ4v) is 4.73. The van der Waals surface area contributed by atoms with Gasteiger partial charge in [-0.05, 0) is 31.9 Å². The van der Waals surface area contributed by atoms with Crippen LogP contribution in [0, 0.1) is 12.7 Å². The number of rotatable bonds is 4. The van der Waals surface area contributed by atoms with Crippen LogP contribution < -0.4 is 5.32 Å². The van der Waals surface area contributed by atoms with E-state index < -0.39 is 21.9 Å². The van der Waals surface area contributed by atoms with Crippen LogP contribution in [0.3, 0.4) is 0 Å². The van der Waals surface area contributed by atoms with Crippen molar-refractivity contribution < 1.29 is 12.8 Å². The molecule has 1 aliphatic heterocycles. The molecule has 1 aromatic heterocycles. The molecule has 128 valence electrons. The third-order valence-corrected chi connectivity index (χ3v) is 6.02. The highest BCUT2D eigenvalue weighted by molar-refractivity contribution is 7.89. The number of aromatic nitrogens is 2. The van der Waals surface area contributed by atoms with E-state index in [1.54, 1.807) is 20.0 Å². The molecule has 24 heavy (non-hydrogen) atoms. The van der Waals surface area contributed by atoms with E-state index in [-0.39, 0.29) is 4.90 Å². The lowest BCUT2D eigenvalue weighted by Gasteiger charge is -2.24. The number of sulfonamides is 1. The van der Waals surface area contributed by atoms with Crippen molar-refractivity contribution in [1.29, 1.82) is 0 Å². The first-order valence-electron chi connectivity index (χ1n) is 7.73. The third-order valence-electron chi connectivity index (χ3n) is 4.08. The minimum absolute atomic E-state index is 0.295. The number of nitrogens with zero attached hydrogens (tertiary/aromatic N) is 3. The molecule has 3 rings (SSSR count). The summed E-state index contributed by atoms with van der Waals surface area (Å²) >= 11 is 0. The molecular formula is C16H19FN4O2S. The topological polar surface area (TPSA) is 75.2 Å². The molecule has 0 unspecified atom stereocenters. The fraction of sp³-hybridized carbons (Fsp3) is 0.375. The Morgan fingerprint density at radius 2 is 2.04 bits per heavy atom. The van der Waals surface area contributed by atoms with Crippen molar-refractivity contribution in [2.45, 2.75) is 30.7 Å². The molecule has 0 radical (unpaired) electrons. The summed E-state index contributed by atoms with van der Waals surface area (Å²) in [7, 11) is -2.18. The van der Waals surface area contributed by atoms with Gasteiger partial charge in [0.05, 0.1) is 11.7 Å². The first kappa shape index (κ1) is 16.8. The van der Waals surface area contributed by atoms with Gasteiger partial charge in [0.15, 0.2) is 0 Å². The Balaban J connectivity index is 2.02. The highest BCUT2D eigenvalue weighted by Crippen LogP contribution is 2.36. The van der Waals surface area contributed by atoms with Gasteiger partial charge >= 0.3 is 0 Å². The molecule has 1 saturated heterocycles. The zero-order valence-corrected chi connectivity index (χ0v) is 14.3. The van der Waals surface area contributed by atoms with Crippen LogP contribution in [0.15, 0.2) is 35.2 Å². The number of nitrogens with one attached hydrogen (secondary N) is 1. The summed E-state index contributed by atoms with van der Waals surface area (Å²) in [4.78, 5) is 8.33. The molecule has 8 heteroatoms. The predicted octanol–water partition coefficient (Wildman–Crippen LogP) is 2.49. The standard InChI is InChI=1S/C16H19FN4O2S/c1-11-19-13(10-16(18-2)20-11)14-7-5-9-21(14)24(22,23)15-8-4-3-6-12(15)17/h3-4,6,8,10,14H,5,7,9H2,1-2H3,(H,18,19,20)/t14-/m0/s1. The number of anilines is 1. The lowest BCUT2D eigenvalue weighted by Crippen LogP contribution is -2.32. The van der Waals surface area contributed by atoms with Gasteiger partial charge in [-0.15, -0.1) is 0 Å². The number of aryl methyl sites for hydroxylation is 1. The average Bonchev–Trinajstić information content (AvgIpc) is 3.05. The largest absolute Gasteiger partial charge is 0.373 e. The lowest BCUT2D eigenvalue weighted by molar-refractivity contribution is 0.387. The van der Waals surface area contributed by atoms with E-state index in [4.69, 9.17) is 0 Å². The Kier molecular flexibility index (Phi) is 4.51. The van der Waals surface area contributed by atoms with Gasteiger partial charge in [-0.2, -0.15) is 4.31 Å².